The molecule has 0 spiro atoms. The number of rotatable bonds is 6. The van der Waals surface area contributed by atoms with E-state index in [2.05, 4.69) is 56.6 Å². The predicted octanol–water partition coefficient (Wildman–Crippen LogP) is 4.11. The Balaban J connectivity index is 2.75. The lowest BCUT2D eigenvalue weighted by molar-refractivity contribution is 0.412. The van der Waals surface area contributed by atoms with Gasteiger partial charge in [0.05, 0.1) is 0 Å². The van der Waals surface area contributed by atoms with E-state index in [9.17, 15) is 0 Å². The van der Waals surface area contributed by atoms with Crippen LogP contribution >= 0.6 is 11.8 Å². The highest BCUT2D eigenvalue weighted by Gasteiger charge is 2.14. The number of benzene rings is 1. The minimum Gasteiger partial charge on any atom is -0.310 e. The molecule has 0 fully saturated rings. The molecule has 1 nitrogen and oxygen atoms in total. The van der Waals surface area contributed by atoms with Crippen LogP contribution < -0.4 is 5.32 Å². The standard InChI is InChI=1S/C14H23NS/c1-5-10-15-14(11(2)3)12-6-8-13(16-4)9-7-12/h6-9,11,14-15H,5,10H2,1-4H3. The summed E-state index contributed by atoms with van der Waals surface area (Å²) in [6.45, 7) is 7.85. The summed E-state index contributed by atoms with van der Waals surface area (Å²) in [4.78, 5) is 1.33. The largest absolute Gasteiger partial charge is 0.310 e. The molecule has 0 aliphatic rings. The zero-order chi connectivity index (χ0) is 12.0. The van der Waals surface area contributed by atoms with Gasteiger partial charge >= 0.3 is 0 Å². The van der Waals surface area contributed by atoms with E-state index in [4.69, 9.17) is 0 Å². The first-order chi connectivity index (χ1) is 7.69. The van der Waals surface area contributed by atoms with Crippen molar-refractivity contribution in [2.24, 2.45) is 5.92 Å². The first kappa shape index (κ1) is 13.6. The minimum absolute atomic E-state index is 0.482. The van der Waals surface area contributed by atoms with Crippen molar-refractivity contribution in [2.45, 2.75) is 38.1 Å². The lowest BCUT2D eigenvalue weighted by atomic mass is 9.96. The van der Waals surface area contributed by atoms with E-state index in [0.717, 1.165) is 6.54 Å². The molecular weight excluding hydrogens is 214 g/mol. The topological polar surface area (TPSA) is 12.0 Å². The molecule has 1 aromatic rings. The van der Waals surface area contributed by atoms with E-state index in [1.54, 1.807) is 11.8 Å². The summed E-state index contributed by atoms with van der Waals surface area (Å²) < 4.78 is 0. The SMILES string of the molecule is CCCNC(c1ccc(SC)cc1)C(C)C. The Morgan fingerprint density at radius 3 is 2.25 bits per heavy atom. The van der Waals surface area contributed by atoms with Crippen LogP contribution in [0.3, 0.4) is 0 Å². The van der Waals surface area contributed by atoms with Crippen LogP contribution in [-0.4, -0.2) is 12.8 Å². The lowest BCUT2D eigenvalue weighted by Gasteiger charge is -2.23. The van der Waals surface area contributed by atoms with Crippen molar-refractivity contribution < 1.29 is 0 Å². The average molecular weight is 237 g/mol. The smallest absolute Gasteiger partial charge is 0.0343 e. The van der Waals surface area contributed by atoms with Crippen molar-refractivity contribution in [1.82, 2.24) is 5.32 Å². The highest BCUT2D eigenvalue weighted by atomic mass is 32.2. The van der Waals surface area contributed by atoms with Crippen molar-refractivity contribution in [3.05, 3.63) is 29.8 Å². The van der Waals surface area contributed by atoms with Gasteiger partial charge in [-0.2, -0.15) is 0 Å². The van der Waals surface area contributed by atoms with Crippen LogP contribution in [0.5, 0.6) is 0 Å². The van der Waals surface area contributed by atoms with Crippen LogP contribution in [0, 0.1) is 5.92 Å². The summed E-state index contributed by atoms with van der Waals surface area (Å²) >= 11 is 1.80. The molecule has 0 amide bonds. The second-order valence-corrected chi connectivity index (χ2v) is 5.33. The summed E-state index contributed by atoms with van der Waals surface area (Å²) in [5, 5.41) is 3.62. The number of thioether (sulfide) groups is 1. The molecule has 0 saturated heterocycles. The molecule has 1 rings (SSSR count). The lowest BCUT2D eigenvalue weighted by Crippen LogP contribution is -2.26. The molecule has 0 radical (unpaired) electrons. The van der Waals surface area contributed by atoms with Gasteiger partial charge in [-0.15, -0.1) is 11.8 Å². The highest BCUT2D eigenvalue weighted by Crippen LogP contribution is 2.24. The Morgan fingerprint density at radius 2 is 1.81 bits per heavy atom. The average Bonchev–Trinajstić information content (AvgIpc) is 2.30. The molecule has 2 heteroatoms. The Bertz CT molecular complexity index is 292. The third kappa shape index (κ3) is 3.84. The van der Waals surface area contributed by atoms with Gasteiger partial charge in [-0.1, -0.05) is 32.9 Å². The number of nitrogens with one attached hydrogen (secondary N) is 1. The predicted molar refractivity (Wildman–Crippen MR) is 74.1 cm³/mol. The summed E-state index contributed by atoms with van der Waals surface area (Å²) in [5.41, 5.74) is 1.40. The first-order valence-corrected chi connectivity index (χ1v) is 7.28. The Labute approximate surface area is 104 Å². The molecule has 1 unspecified atom stereocenters. The number of hydrogen-bond donors (Lipinski definition) is 1. The monoisotopic (exact) mass is 237 g/mol. The van der Waals surface area contributed by atoms with Gasteiger partial charge in [0.1, 0.15) is 0 Å². The van der Waals surface area contributed by atoms with E-state index in [1.165, 1.54) is 16.9 Å². The van der Waals surface area contributed by atoms with E-state index >= 15 is 0 Å². The van der Waals surface area contributed by atoms with Crippen LogP contribution in [0.15, 0.2) is 29.2 Å². The summed E-state index contributed by atoms with van der Waals surface area (Å²) in [7, 11) is 0. The van der Waals surface area contributed by atoms with Crippen molar-refractivity contribution in [3.63, 3.8) is 0 Å². The van der Waals surface area contributed by atoms with Crippen molar-refractivity contribution in [1.29, 1.82) is 0 Å². The summed E-state index contributed by atoms with van der Waals surface area (Å²) in [5.74, 6) is 0.631. The zero-order valence-electron chi connectivity index (χ0n) is 10.8. The third-order valence-corrected chi connectivity index (χ3v) is 3.50. The maximum Gasteiger partial charge on any atom is 0.0343 e. The van der Waals surface area contributed by atoms with Gasteiger partial charge < -0.3 is 5.32 Å². The molecule has 90 valence electrons. The van der Waals surface area contributed by atoms with Crippen molar-refractivity contribution in [3.8, 4) is 0 Å². The molecule has 0 heterocycles. The Kier molecular flexibility index (Phi) is 5.93. The fraction of sp³-hybridized carbons (Fsp3) is 0.571. The van der Waals surface area contributed by atoms with E-state index in [-0.39, 0.29) is 0 Å². The Hall–Kier alpha value is -0.470. The van der Waals surface area contributed by atoms with E-state index in [0.29, 0.717) is 12.0 Å². The van der Waals surface area contributed by atoms with Crippen molar-refractivity contribution in [2.75, 3.05) is 12.8 Å². The van der Waals surface area contributed by atoms with Gasteiger partial charge in [0.15, 0.2) is 0 Å². The maximum atomic E-state index is 3.62. The quantitative estimate of drug-likeness (QED) is 0.747. The van der Waals surface area contributed by atoms with Gasteiger partial charge in [-0.25, -0.2) is 0 Å². The first-order valence-electron chi connectivity index (χ1n) is 6.06. The van der Waals surface area contributed by atoms with Crippen molar-refractivity contribution >= 4 is 11.8 Å². The fourth-order valence-electron chi connectivity index (χ4n) is 1.85. The minimum atomic E-state index is 0.482. The molecule has 0 bridgehead atoms. The summed E-state index contributed by atoms with van der Waals surface area (Å²) in [6.07, 6.45) is 3.30. The van der Waals surface area contributed by atoms with Crippen LogP contribution in [0.25, 0.3) is 0 Å². The molecule has 0 aromatic heterocycles. The van der Waals surface area contributed by atoms with Gasteiger partial charge in [-0.05, 0) is 42.8 Å². The van der Waals surface area contributed by atoms with Crippen LogP contribution in [0.1, 0.15) is 38.8 Å². The van der Waals surface area contributed by atoms with Crippen LogP contribution in [0.2, 0.25) is 0 Å². The second-order valence-electron chi connectivity index (χ2n) is 4.45. The van der Waals surface area contributed by atoms with Crippen LogP contribution in [-0.2, 0) is 0 Å². The third-order valence-electron chi connectivity index (χ3n) is 2.76. The maximum absolute atomic E-state index is 3.62. The molecular formula is C14H23NS. The Morgan fingerprint density at radius 1 is 1.19 bits per heavy atom. The normalized spacial score (nSPS) is 13.1. The molecule has 1 N–H and O–H groups in total. The fourth-order valence-corrected chi connectivity index (χ4v) is 2.26. The zero-order valence-corrected chi connectivity index (χ0v) is 11.6. The molecule has 0 saturated carbocycles. The molecule has 1 atom stereocenters. The highest BCUT2D eigenvalue weighted by molar-refractivity contribution is 7.98. The second kappa shape index (κ2) is 6.97. The number of hydrogen-bond acceptors (Lipinski definition) is 2. The van der Waals surface area contributed by atoms with E-state index in [1.807, 2.05) is 0 Å². The van der Waals surface area contributed by atoms with Gasteiger partial charge in [-0.3, -0.25) is 0 Å². The molecule has 1 aromatic carbocycles. The van der Waals surface area contributed by atoms with E-state index < -0.39 is 0 Å². The molecule has 0 aliphatic heterocycles. The van der Waals surface area contributed by atoms with Crippen LogP contribution in [0.4, 0.5) is 0 Å². The molecule has 0 aliphatic carbocycles. The van der Waals surface area contributed by atoms with Gasteiger partial charge in [0.2, 0.25) is 0 Å². The summed E-state index contributed by atoms with van der Waals surface area (Å²) in [6, 6.07) is 9.40. The van der Waals surface area contributed by atoms with Gasteiger partial charge in [0, 0.05) is 10.9 Å². The molecule has 16 heavy (non-hydrogen) atoms. The van der Waals surface area contributed by atoms with Gasteiger partial charge in [0.25, 0.3) is 0 Å².